The summed E-state index contributed by atoms with van der Waals surface area (Å²) in [7, 11) is 1.97. The maximum absolute atomic E-state index is 5.29. The number of hydrogen-bond donors (Lipinski definition) is 2. The van der Waals surface area contributed by atoms with E-state index < -0.39 is 0 Å². The predicted molar refractivity (Wildman–Crippen MR) is 85.4 cm³/mol. The number of aromatic amines is 2. The van der Waals surface area contributed by atoms with Gasteiger partial charge in [-0.25, -0.2) is 5.10 Å². The summed E-state index contributed by atoms with van der Waals surface area (Å²) in [5.74, 6) is 0.648. The normalized spacial score (nSPS) is 14.0. The second-order valence-corrected chi connectivity index (χ2v) is 5.72. The van der Waals surface area contributed by atoms with Crippen molar-refractivity contribution in [2.45, 2.75) is 19.3 Å². The van der Waals surface area contributed by atoms with E-state index in [0.29, 0.717) is 10.6 Å². The monoisotopic (exact) mass is 313 g/mol. The van der Waals surface area contributed by atoms with E-state index in [1.165, 1.54) is 11.3 Å². The molecule has 0 radical (unpaired) electrons. The van der Waals surface area contributed by atoms with E-state index in [2.05, 4.69) is 25.5 Å². The van der Waals surface area contributed by atoms with Gasteiger partial charge < -0.3 is 4.57 Å². The van der Waals surface area contributed by atoms with E-state index in [1.54, 1.807) is 10.9 Å². The van der Waals surface area contributed by atoms with Gasteiger partial charge in [0.15, 0.2) is 0 Å². The van der Waals surface area contributed by atoms with Crippen LogP contribution in [-0.4, -0.2) is 35.9 Å². The molecule has 0 bridgehead atoms. The highest BCUT2D eigenvalue weighted by molar-refractivity contribution is 7.71. The lowest BCUT2D eigenvalue weighted by molar-refractivity contribution is 0.840. The van der Waals surface area contributed by atoms with Gasteiger partial charge in [0, 0.05) is 24.5 Å². The van der Waals surface area contributed by atoms with Crippen molar-refractivity contribution in [2.75, 3.05) is 0 Å². The molecule has 8 heteroatoms. The molecule has 0 amide bonds. The Hall–Kier alpha value is -2.48. The van der Waals surface area contributed by atoms with Gasteiger partial charge in [-0.1, -0.05) is 0 Å². The fraction of sp³-hybridized carbons (Fsp3) is 0.286. The third-order valence-electron chi connectivity index (χ3n) is 3.96. The van der Waals surface area contributed by atoms with Crippen LogP contribution in [0.15, 0.2) is 23.4 Å². The minimum atomic E-state index is 0.454. The van der Waals surface area contributed by atoms with Gasteiger partial charge in [0.25, 0.3) is 0 Å². The average molecular weight is 313 g/mol. The number of H-pyrrole nitrogens is 2. The Bertz CT molecular complexity index is 908. The third kappa shape index (κ3) is 2.03. The van der Waals surface area contributed by atoms with Crippen molar-refractivity contribution in [1.82, 2.24) is 29.6 Å². The number of nitrogens with zero attached hydrogens (tertiary/aromatic N) is 5. The molecule has 1 aliphatic rings. The zero-order chi connectivity index (χ0) is 15.1. The Morgan fingerprint density at radius 1 is 1.32 bits per heavy atom. The summed E-state index contributed by atoms with van der Waals surface area (Å²) in [6.45, 7) is 0. The molecule has 112 valence electrons. The van der Waals surface area contributed by atoms with E-state index in [0.717, 1.165) is 30.7 Å². The molecule has 3 heterocycles. The van der Waals surface area contributed by atoms with Crippen molar-refractivity contribution in [2.24, 2.45) is 12.1 Å². The molecule has 0 aliphatic heterocycles. The predicted octanol–water partition coefficient (Wildman–Crippen LogP) is 2.04. The Labute approximate surface area is 131 Å². The lowest BCUT2D eigenvalue weighted by atomic mass is 10.2. The first-order chi connectivity index (χ1) is 10.7. The molecule has 2 N–H and O–H groups in total. The Balaban J connectivity index is 1.78. The van der Waals surface area contributed by atoms with E-state index in [4.69, 9.17) is 12.2 Å². The lowest BCUT2D eigenvalue weighted by Gasteiger charge is -2.00. The number of rotatable bonds is 3. The maximum atomic E-state index is 5.29. The highest BCUT2D eigenvalue weighted by atomic mass is 32.1. The molecule has 3 aromatic rings. The summed E-state index contributed by atoms with van der Waals surface area (Å²) in [5.41, 5.74) is 4.25. The van der Waals surface area contributed by atoms with Crippen LogP contribution < -0.4 is 0 Å². The zero-order valence-corrected chi connectivity index (χ0v) is 12.9. The third-order valence-corrected chi connectivity index (χ3v) is 4.22. The van der Waals surface area contributed by atoms with Crippen LogP contribution in [0.4, 0.5) is 0 Å². The zero-order valence-electron chi connectivity index (χ0n) is 12.1. The molecule has 22 heavy (non-hydrogen) atoms. The molecule has 0 unspecified atom stereocenters. The van der Waals surface area contributed by atoms with Gasteiger partial charge in [0.2, 0.25) is 10.6 Å². The second kappa shape index (κ2) is 5.06. The van der Waals surface area contributed by atoms with Crippen LogP contribution in [0.1, 0.15) is 23.4 Å². The molecule has 0 atom stereocenters. The van der Waals surface area contributed by atoms with Crippen LogP contribution in [0.3, 0.4) is 0 Å². The molecule has 0 fully saturated rings. The first-order valence-corrected chi connectivity index (χ1v) is 7.54. The van der Waals surface area contributed by atoms with Crippen LogP contribution in [0.2, 0.25) is 0 Å². The Kier molecular flexibility index (Phi) is 3.04. The molecule has 3 aromatic heterocycles. The van der Waals surface area contributed by atoms with Crippen LogP contribution in [0.5, 0.6) is 0 Å². The van der Waals surface area contributed by atoms with Gasteiger partial charge >= 0.3 is 0 Å². The SMILES string of the molecule is Cn1cccc1/C=N\n1c(-c2n[nH]c3c2CCC3)n[nH]c1=S. The molecular weight excluding hydrogens is 298 g/mol. The van der Waals surface area contributed by atoms with Gasteiger partial charge in [-0.15, -0.1) is 0 Å². The Morgan fingerprint density at radius 3 is 3.05 bits per heavy atom. The summed E-state index contributed by atoms with van der Waals surface area (Å²) in [4.78, 5) is 0. The van der Waals surface area contributed by atoms with Crippen LogP contribution in [0.25, 0.3) is 11.5 Å². The van der Waals surface area contributed by atoms with Crippen LogP contribution >= 0.6 is 12.2 Å². The average Bonchev–Trinajstić information content (AvgIpc) is 3.22. The van der Waals surface area contributed by atoms with Crippen molar-refractivity contribution in [3.63, 3.8) is 0 Å². The highest BCUT2D eigenvalue weighted by Gasteiger charge is 2.23. The fourth-order valence-electron chi connectivity index (χ4n) is 2.78. The second-order valence-electron chi connectivity index (χ2n) is 5.34. The smallest absolute Gasteiger partial charge is 0.216 e. The molecule has 4 rings (SSSR count). The summed E-state index contributed by atoms with van der Waals surface area (Å²) < 4.78 is 4.06. The van der Waals surface area contributed by atoms with Crippen molar-refractivity contribution < 1.29 is 0 Å². The van der Waals surface area contributed by atoms with E-state index in [9.17, 15) is 0 Å². The topological polar surface area (TPSA) is 79.6 Å². The highest BCUT2D eigenvalue weighted by Crippen LogP contribution is 2.29. The minimum Gasteiger partial charge on any atom is -0.350 e. The van der Waals surface area contributed by atoms with Crippen molar-refractivity contribution >= 4 is 18.4 Å². The molecule has 0 saturated carbocycles. The summed E-state index contributed by atoms with van der Waals surface area (Å²) in [5, 5.41) is 19.1. The van der Waals surface area contributed by atoms with Crippen LogP contribution in [-0.2, 0) is 19.9 Å². The van der Waals surface area contributed by atoms with E-state index in [1.807, 2.05) is 29.9 Å². The van der Waals surface area contributed by atoms with Crippen molar-refractivity contribution in [1.29, 1.82) is 0 Å². The molecule has 7 nitrogen and oxygen atoms in total. The van der Waals surface area contributed by atoms with Crippen molar-refractivity contribution in [3.05, 3.63) is 40.1 Å². The number of nitrogens with one attached hydrogen (secondary N) is 2. The number of aromatic nitrogens is 6. The van der Waals surface area contributed by atoms with E-state index in [-0.39, 0.29) is 0 Å². The molecule has 0 saturated heterocycles. The molecule has 0 spiro atoms. The number of aryl methyl sites for hydroxylation is 2. The maximum Gasteiger partial charge on any atom is 0.216 e. The van der Waals surface area contributed by atoms with Gasteiger partial charge in [-0.2, -0.15) is 20.0 Å². The van der Waals surface area contributed by atoms with Gasteiger partial charge in [-0.3, -0.25) is 5.10 Å². The largest absolute Gasteiger partial charge is 0.350 e. The van der Waals surface area contributed by atoms with Gasteiger partial charge in [0.1, 0.15) is 5.69 Å². The molecule has 0 aromatic carbocycles. The molecule has 1 aliphatic carbocycles. The summed E-state index contributed by atoms with van der Waals surface area (Å²) in [6, 6.07) is 3.95. The van der Waals surface area contributed by atoms with E-state index >= 15 is 0 Å². The van der Waals surface area contributed by atoms with Crippen molar-refractivity contribution in [3.8, 4) is 11.5 Å². The lowest BCUT2D eigenvalue weighted by Crippen LogP contribution is -1.99. The standard InChI is InChI=1S/C14H15N7S/c1-20-7-3-4-9(20)8-15-21-13(18-19-14(21)22)12-10-5-2-6-11(10)16-17-12/h3-4,7-8H,2,5-6H2,1H3,(H,16,17)(H,19,22)/b15-8-. The summed E-state index contributed by atoms with van der Waals surface area (Å²) >= 11 is 5.29. The van der Waals surface area contributed by atoms with Gasteiger partial charge in [-0.05, 0) is 43.6 Å². The first-order valence-electron chi connectivity index (χ1n) is 7.13. The Morgan fingerprint density at radius 2 is 2.23 bits per heavy atom. The minimum absolute atomic E-state index is 0.454. The quantitative estimate of drug-likeness (QED) is 0.573. The number of fused-ring (bicyclic) bond motifs is 1. The molecular formula is C14H15N7S. The summed E-state index contributed by atoms with van der Waals surface area (Å²) in [6.07, 6.45) is 6.94. The number of hydrogen-bond acceptors (Lipinski definition) is 4. The fourth-order valence-corrected chi connectivity index (χ4v) is 2.96. The first kappa shape index (κ1) is 13.2. The van der Waals surface area contributed by atoms with Gasteiger partial charge in [0.05, 0.1) is 11.9 Å². The van der Waals surface area contributed by atoms with Crippen LogP contribution in [0, 0.1) is 4.77 Å².